The van der Waals surface area contributed by atoms with Gasteiger partial charge in [-0.3, -0.25) is 9.69 Å². The van der Waals surface area contributed by atoms with Crippen LogP contribution in [0.25, 0.3) is 0 Å². The van der Waals surface area contributed by atoms with E-state index >= 15 is 0 Å². The third kappa shape index (κ3) is 3.62. The number of hydrogen-bond donors (Lipinski definition) is 1. The number of nitrogens with zero attached hydrogens (tertiary/aromatic N) is 2. The second-order valence-corrected chi connectivity index (χ2v) is 6.19. The number of hydrogen-bond acceptors (Lipinski definition) is 3. The number of nitrogens with one attached hydrogen (secondary N) is 1. The molecule has 1 aromatic carbocycles. The zero-order valence-electron chi connectivity index (χ0n) is 13.2. The van der Waals surface area contributed by atoms with Crippen LogP contribution in [0.3, 0.4) is 0 Å². The molecule has 0 saturated carbocycles. The van der Waals surface area contributed by atoms with Crippen LogP contribution in [-0.4, -0.2) is 47.4 Å². The van der Waals surface area contributed by atoms with Crippen molar-refractivity contribution in [2.24, 2.45) is 0 Å². The number of rotatable bonds is 6. The zero-order valence-corrected chi connectivity index (χ0v) is 13.2. The van der Waals surface area contributed by atoms with Gasteiger partial charge in [-0.25, -0.2) is 9.18 Å². The summed E-state index contributed by atoms with van der Waals surface area (Å²) in [7, 11) is 1.89. The van der Waals surface area contributed by atoms with Gasteiger partial charge in [-0.2, -0.15) is 0 Å². The summed E-state index contributed by atoms with van der Waals surface area (Å²) in [6.45, 7) is 4.93. The molecule has 0 unspecified atom stereocenters. The van der Waals surface area contributed by atoms with Crippen molar-refractivity contribution in [2.75, 3.05) is 20.1 Å². The molecular formula is C16H22FN3O2. The van der Waals surface area contributed by atoms with Crippen molar-refractivity contribution in [3.8, 4) is 0 Å². The molecule has 0 aliphatic carbocycles. The number of carbonyl (C=O) groups excluding carboxylic acids is 2. The standard InChI is InChI=1S/C16H22FN3O2/c1-16(2)14(21)20(15(22)18-16)10-6-9-19(3)11-12-7-4-5-8-13(12)17/h4-5,7-8H,6,9-11H2,1-3H3,(H,18,22). The summed E-state index contributed by atoms with van der Waals surface area (Å²) >= 11 is 0. The summed E-state index contributed by atoms with van der Waals surface area (Å²) in [6.07, 6.45) is 0.653. The molecule has 1 heterocycles. The van der Waals surface area contributed by atoms with Crippen LogP contribution < -0.4 is 5.32 Å². The zero-order chi connectivity index (χ0) is 16.3. The highest BCUT2D eigenvalue weighted by atomic mass is 19.1. The molecule has 1 fully saturated rings. The van der Waals surface area contributed by atoms with E-state index in [0.717, 1.165) is 0 Å². The lowest BCUT2D eigenvalue weighted by molar-refractivity contribution is -0.130. The normalized spacial score (nSPS) is 17.2. The summed E-state index contributed by atoms with van der Waals surface area (Å²) in [6, 6.07) is 6.33. The smallest absolute Gasteiger partial charge is 0.324 e. The molecule has 22 heavy (non-hydrogen) atoms. The minimum absolute atomic E-state index is 0.200. The highest BCUT2D eigenvalue weighted by Gasteiger charge is 2.43. The molecule has 3 amide bonds. The van der Waals surface area contributed by atoms with Crippen molar-refractivity contribution in [3.63, 3.8) is 0 Å². The Morgan fingerprint density at radius 1 is 1.27 bits per heavy atom. The van der Waals surface area contributed by atoms with E-state index in [9.17, 15) is 14.0 Å². The van der Waals surface area contributed by atoms with Gasteiger partial charge in [-0.1, -0.05) is 18.2 Å². The topological polar surface area (TPSA) is 52.6 Å². The van der Waals surface area contributed by atoms with Crippen LogP contribution in [0.15, 0.2) is 24.3 Å². The summed E-state index contributed by atoms with van der Waals surface area (Å²) in [5.74, 6) is -0.417. The molecule has 1 N–H and O–H groups in total. The maximum absolute atomic E-state index is 13.6. The van der Waals surface area contributed by atoms with Crippen LogP contribution in [0.5, 0.6) is 0 Å². The molecule has 120 valence electrons. The molecule has 0 aromatic heterocycles. The number of imide groups is 1. The van der Waals surface area contributed by atoms with E-state index in [1.54, 1.807) is 26.0 Å². The lowest BCUT2D eigenvalue weighted by atomic mass is 10.1. The van der Waals surface area contributed by atoms with E-state index in [2.05, 4.69) is 5.32 Å². The van der Waals surface area contributed by atoms with E-state index in [1.807, 2.05) is 18.0 Å². The first-order valence-corrected chi connectivity index (χ1v) is 7.37. The van der Waals surface area contributed by atoms with Crippen molar-refractivity contribution in [1.82, 2.24) is 15.1 Å². The van der Waals surface area contributed by atoms with Crippen LogP contribution in [0.2, 0.25) is 0 Å². The van der Waals surface area contributed by atoms with Gasteiger partial charge in [0.2, 0.25) is 0 Å². The van der Waals surface area contributed by atoms with E-state index < -0.39 is 5.54 Å². The van der Waals surface area contributed by atoms with Crippen molar-refractivity contribution in [1.29, 1.82) is 0 Å². The van der Waals surface area contributed by atoms with Crippen molar-refractivity contribution < 1.29 is 14.0 Å². The fourth-order valence-corrected chi connectivity index (χ4v) is 2.52. The van der Waals surface area contributed by atoms with Gasteiger partial charge >= 0.3 is 6.03 Å². The van der Waals surface area contributed by atoms with E-state index in [-0.39, 0.29) is 17.8 Å². The highest BCUT2D eigenvalue weighted by molar-refractivity contribution is 6.06. The average molecular weight is 307 g/mol. The molecule has 2 rings (SSSR count). The summed E-state index contributed by atoms with van der Waals surface area (Å²) < 4.78 is 13.6. The predicted octanol–water partition coefficient (Wildman–Crippen LogP) is 1.98. The predicted molar refractivity (Wildman–Crippen MR) is 81.7 cm³/mol. The highest BCUT2D eigenvalue weighted by Crippen LogP contribution is 2.17. The lowest BCUT2D eigenvalue weighted by Gasteiger charge is -2.19. The summed E-state index contributed by atoms with van der Waals surface area (Å²) in [5, 5.41) is 2.65. The molecule has 1 aliphatic heterocycles. The second kappa shape index (κ2) is 6.44. The van der Waals surface area contributed by atoms with Gasteiger partial charge in [-0.05, 0) is 39.9 Å². The largest absolute Gasteiger partial charge is 0.325 e. The Morgan fingerprint density at radius 3 is 2.55 bits per heavy atom. The molecule has 0 atom stereocenters. The number of halogens is 1. The quantitative estimate of drug-likeness (QED) is 0.818. The Kier molecular flexibility index (Phi) is 4.81. The average Bonchev–Trinajstić information content (AvgIpc) is 2.63. The third-order valence-corrected chi connectivity index (χ3v) is 3.76. The third-order valence-electron chi connectivity index (χ3n) is 3.76. The number of amides is 3. The maximum atomic E-state index is 13.6. The molecule has 1 saturated heterocycles. The van der Waals surface area contributed by atoms with Crippen LogP contribution in [0.1, 0.15) is 25.8 Å². The van der Waals surface area contributed by atoms with Crippen LogP contribution in [0.4, 0.5) is 9.18 Å². The Balaban J connectivity index is 1.80. The molecule has 0 spiro atoms. The molecule has 6 heteroatoms. The first kappa shape index (κ1) is 16.4. The Hall–Kier alpha value is -1.95. The van der Waals surface area contributed by atoms with E-state index in [1.165, 1.54) is 11.0 Å². The maximum Gasteiger partial charge on any atom is 0.325 e. The van der Waals surface area contributed by atoms with E-state index in [4.69, 9.17) is 0 Å². The van der Waals surface area contributed by atoms with Gasteiger partial charge in [0.1, 0.15) is 11.4 Å². The first-order chi connectivity index (χ1) is 10.3. The van der Waals surface area contributed by atoms with Gasteiger partial charge in [0.05, 0.1) is 0 Å². The van der Waals surface area contributed by atoms with Crippen LogP contribution >= 0.6 is 0 Å². The van der Waals surface area contributed by atoms with Gasteiger partial charge in [-0.15, -0.1) is 0 Å². The van der Waals surface area contributed by atoms with Crippen molar-refractivity contribution in [2.45, 2.75) is 32.4 Å². The summed E-state index contributed by atoms with van der Waals surface area (Å²) in [4.78, 5) is 27.0. The number of urea groups is 1. The molecule has 0 bridgehead atoms. The van der Waals surface area contributed by atoms with E-state index in [0.29, 0.717) is 31.6 Å². The molecule has 1 aliphatic rings. The minimum atomic E-state index is -0.823. The molecule has 0 radical (unpaired) electrons. The Bertz CT molecular complexity index is 574. The second-order valence-electron chi connectivity index (χ2n) is 6.19. The Morgan fingerprint density at radius 2 is 1.95 bits per heavy atom. The molecule has 5 nitrogen and oxygen atoms in total. The number of carbonyl (C=O) groups is 2. The molecular weight excluding hydrogens is 285 g/mol. The fraction of sp³-hybridized carbons (Fsp3) is 0.500. The monoisotopic (exact) mass is 307 g/mol. The first-order valence-electron chi connectivity index (χ1n) is 7.37. The minimum Gasteiger partial charge on any atom is -0.324 e. The molecule has 1 aromatic rings. The number of benzene rings is 1. The Labute approximate surface area is 130 Å². The van der Waals surface area contributed by atoms with Gasteiger partial charge < -0.3 is 10.2 Å². The van der Waals surface area contributed by atoms with Crippen LogP contribution in [0, 0.1) is 5.82 Å². The SMILES string of the molecule is CN(CCCN1C(=O)NC(C)(C)C1=O)Cc1ccccc1F. The fourth-order valence-electron chi connectivity index (χ4n) is 2.52. The van der Waals surface area contributed by atoms with Gasteiger partial charge in [0, 0.05) is 18.7 Å². The van der Waals surface area contributed by atoms with Crippen molar-refractivity contribution >= 4 is 11.9 Å². The van der Waals surface area contributed by atoms with Gasteiger partial charge in [0.25, 0.3) is 5.91 Å². The lowest BCUT2D eigenvalue weighted by Crippen LogP contribution is -2.40. The van der Waals surface area contributed by atoms with Crippen molar-refractivity contribution in [3.05, 3.63) is 35.6 Å². The van der Waals surface area contributed by atoms with Crippen LogP contribution in [-0.2, 0) is 11.3 Å². The van der Waals surface area contributed by atoms with Gasteiger partial charge in [0.15, 0.2) is 0 Å². The summed E-state index contributed by atoms with van der Waals surface area (Å²) in [5.41, 5.74) is -0.183.